The molecular formula is C9H16N6. The van der Waals surface area contributed by atoms with Gasteiger partial charge >= 0.3 is 0 Å². The van der Waals surface area contributed by atoms with E-state index in [-0.39, 0.29) is 0 Å². The van der Waals surface area contributed by atoms with E-state index in [0.29, 0.717) is 18.1 Å². The largest absolute Gasteiger partial charge is 0.334 e. The molecule has 0 amide bonds. The third kappa shape index (κ3) is 1.31. The Bertz CT molecular complexity index is 347. The number of tetrazole rings is 1. The molecule has 0 spiro atoms. The monoisotopic (exact) mass is 208 g/mol. The fourth-order valence-corrected chi connectivity index (χ4v) is 2.99. The third-order valence-electron chi connectivity index (χ3n) is 3.60. The summed E-state index contributed by atoms with van der Waals surface area (Å²) >= 11 is 0. The predicted octanol–water partition coefficient (Wildman–Crippen LogP) is -0.331. The Morgan fingerprint density at radius 1 is 1.27 bits per heavy atom. The van der Waals surface area contributed by atoms with Gasteiger partial charge in [0, 0.05) is 25.2 Å². The van der Waals surface area contributed by atoms with Crippen molar-refractivity contribution in [2.45, 2.75) is 43.8 Å². The number of rotatable bonds is 1. The summed E-state index contributed by atoms with van der Waals surface area (Å²) in [6.07, 6.45) is 4.60. The van der Waals surface area contributed by atoms with Gasteiger partial charge in [-0.05, 0) is 36.1 Å². The molecule has 2 unspecified atom stereocenters. The fourth-order valence-electron chi connectivity index (χ4n) is 2.99. The minimum Gasteiger partial charge on any atom is -0.334 e. The topological polar surface area (TPSA) is 72.9 Å². The van der Waals surface area contributed by atoms with E-state index in [9.17, 15) is 0 Å². The molecule has 15 heavy (non-hydrogen) atoms. The van der Waals surface area contributed by atoms with Gasteiger partial charge in [0.15, 0.2) is 0 Å². The summed E-state index contributed by atoms with van der Waals surface area (Å²) in [6, 6.07) is 1.45. The zero-order valence-corrected chi connectivity index (χ0v) is 8.87. The lowest BCUT2D eigenvalue weighted by Crippen LogP contribution is -2.48. The molecule has 0 saturated carbocycles. The van der Waals surface area contributed by atoms with E-state index in [1.165, 1.54) is 12.8 Å². The molecule has 2 fully saturated rings. The molecular weight excluding hydrogens is 192 g/mol. The highest BCUT2D eigenvalue weighted by Gasteiger charge is 2.41. The van der Waals surface area contributed by atoms with E-state index in [2.05, 4.69) is 20.4 Å². The van der Waals surface area contributed by atoms with Crippen molar-refractivity contribution in [3.8, 4) is 0 Å². The van der Waals surface area contributed by atoms with Gasteiger partial charge in [0.2, 0.25) is 5.95 Å². The van der Waals surface area contributed by atoms with Gasteiger partial charge in [-0.3, -0.25) is 0 Å². The number of fused-ring (bicyclic) bond motifs is 2. The highest BCUT2D eigenvalue weighted by molar-refractivity contribution is 5.36. The Hall–Kier alpha value is -1.17. The van der Waals surface area contributed by atoms with Crippen LogP contribution in [-0.4, -0.2) is 38.3 Å². The second-order valence-electron chi connectivity index (χ2n) is 4.63. The standard InChI is InChI=1S/C9H16N6/c1-14-9(11-12-13-14)15-7-2-3-8(15)5-6(10)4-7/h6-8H,2-5,10H2,1H3. The van der Waals surface area contributed by atoms with Crippen LogP contribution in [0, 0.1) is 0 Å². The summed E-state index contributed by atoms with van der Waals surface area (Å²) in [5.41, 5.74) is 6.02. The molecule has 6 nitrogen and oxygen atoms in total. The van der Waals surface area contributed by atoms with Crippen molar-refractivity contribution < 1.29 is 0 Å². The minimum absolute atomic E-state index is 0.361. The molecule has 2 N–H and O–H groups in total. The van der Waals surface area contributed by atoms with Gasteiger partial charge in [-0.1, -0.05) is 5.10 Å². The van der Waals surface area contributed by atoms with E-state index in [4.69, 9.17) is 5.73 Å². The first-order chi connectivity index (χ1) is 7.25. The first-order valence-electron chi connectivity index (χ1n) is 5.52. The van der Waals surface area contributed by atoms with E-state index in [1.807, 2.05) is 7.05 Å². The third-order valence-corrected chi connectivity index (χ3v) is 3.60. The minimum atomic E-state index is 0.361. The summed E-state index contributed by atoms with van der Waals surface area (Å²) in [5.74, 6) is 0.898. The summed E-state index contributed by atoms with van der Waals surface area (Å²) < 4.78 is 1.75. The van der Waals surface area contributed by atoms with Crippen molar-refractivity contribution in [2.75, 3.05) is 4.90 Å². The van der Waals surface area contributed by atoms with Gasteiger partial charge in [0.1, 0.15) is 0 Å². The zero-order valence-electron chi connectivity index (χ0n) is 8.87. The van der Waals surface area contributed by atoms with Gasteiger partial charge in [-0.25, -0.2) is 4.68 Å². The lowest BCUT2D eigenvalue weighted by atomic mass is 9.99. The van der Waals surface area contributed by atoms with Gasteiger partial charge in [-0.15, -0.1) is 0 Å². The van der Waals surface area contributed by atoms with E-state index in [0.717, 1.165) is 18.8 Å². The molecule has 6 heteroatoms. The molecule has 1 aromatic rings. The average molecular weight is 208 g/mol. The van der Waals surface area contributed by atoms with E-state index in [1.54, 1.807) is 4.68 Å². The Kier molecular flexibility index (Phi) is 1.92. The SMILES string of the molecule is Cn1nnnc1N1C2CCC1CC(N)C2. The Morgan fingerprint density at radius 2 is 1.93 bits per heavy atom. The van der Waals surface area contributed by atoms with E-state index >= 15 is 0 Å². The maximum absolute atomic E-state index is 6.02. The molecule has 2 aliphatic rings. The molecule has 2 aliphatic heterocycles. The number of hydrogen-bond acceptors (Lipinski definition) is 5. The maximum Gasteiger partial charge on any atom is 0.245 e. The molecule has 2 saturated heterocycles. The maximum atomic E-state index is 6.02. The molecule has 2 bridgehead atoms. The van der Waals surface area contributed by atoms with Crippen LogP contribution in [0.25, 0.3) is 0 Å². The first kappa shape index (κ1) is 9.08. The van der Waals surface area contributed by atoms with Crippen LogP contribution in [0.3, 0.4) is 0 Å². The number of aromatic nitrogens is 4. The van der Waals surface area contributed by atoms with Crippen molar-refractivity contribution in [1.29, 1.82) is 0 Å². The molecule has 3 rings (SSSR count). The van der Waals surface area contributed by atoms with Crippen LogP contribution in [0.5, 0.6) is 0 Å². The highest BCUT2D eigenvalue weighted by Crippen LogP contribution is 2.37. The van der Waals surface area contributed by atoms with Gasteiger partial charge in [-0.2, -0.15) is 0 Å². The van der Waals surface area contributed by atoms with Crippen molar-refractivity contribution in [1.82, 2.24) is 20.2 Å². The van der Waals surface area contributed by atoms with Crippen LogP contribution in [0.2, 0.25) is 0 Å². The quantitative estimate of drug-likeness (QED) is 0.684. The van der Waals surface area contributed by atoms with Crippen molar-refractivity contribution in [2.24, 2.45) is 12.8 Å². The van der Waals surface area contributed by atoms with Crippen LogP contribution in [0.15, 0.2) is 0 Å². The number of aryl methyl sites for hydroxylation is 1. The summed E-state index contributed by atoms with van der Waals surface area (Å²) in [5, 5.41) is 11.7. The Morgan fingerprint density at radius 3 is 2.47 bits per heavy atom. The predicted molar refractivity (Wildman–Crippen MR) is 55.3 cm³/mol. The van der Waals surface area contributed by atoms with Crippen LogP contribution in [0.4, 0.5) is 5.95 Å². The van der Waals surface area contributed by atoms with E-state index < -0.39 is 0 Å². The van der Waals surface area contributed by atoms with Crippen LogP contribution in [-0.2, 0) is 7.05 Å². The van der Waals surface area contributed by atoms with Gasteiger partial charge in [0.25, 0.3) is 0 Å². The molecule has 0 aromatic carbocycles. The molecule has 0 radical (unpaired) electrons. The first-order valence-corrected chi connectivity index (χ1v) is 5.52. The van der Waals surface area contributed by atoms with Gasteiger partial charge < -0.3 is 10.6 Å². The van der Waals surface area contributed by atoms with Crippen molar-refractivity contribution >= 4 is 5.95 Å². The lowest BCUT2D eigenvalue weighted by Gasteiger charge is -2.37. The number of nitrogens with two attached hydrogens (primary N) is 1. The summed E-state index contributed by atoms with van der Waals surface area (Å²) in [7, 11) is 1.89. The van der Waals surface area contributed by atoms with Crippen LogP contribution in [0.1, 0.15) is 25.7 Å². The molecule has 2 atom stereocenters. The molecule has 82 valence electrons. The second kappa shape index (κ2) is 3.16. The molecule has 3 heterocycles. The fraction of sp³-hybridized carbons (Fsp3) is 0.889. The highest BCUT2D eigenvalue weighted by atomic mass is 15.6. The van der Waals surface area contributed by atoms with Crippen molar-refractivity contribution in [3.63, 3.8) is 0 Å². The Balaban J connectivity index is 1.92. The smallest absolute Gasteiger partial charge is 0.245 e. The number of anilines is 1. The normalized spacial score (nSPS) is 34.8. The number of hydrogen-bond donors (Lipinski definition) is 1. The second-order valence-corrected chi connectivity index (χ2v) is 4.63. The summed E-state index contributed by atoms with van der Waals surface area (Å²) in [6.45, 7) is 0. The zero-order chi connectivity index (χ0) is 10.4. The lowest BCUT2D eigenvalue weighted by molar-refractivity contribution is 0.405. The molecule has 0 aliphatic carbocycles. The Labute approximate surface area is 88.4 Å². The average Bonchev–Trinajstić information content (AvgIpc) is 2.69. The van der Waals surface area contributed by atoms with Crippen LogP contribution < -0.4 is 10.6 Å². The van der Waals surface area contributed by atoms with Crippen LogP contribution >= 0.6 is 0 Å². The molecule has 1 aromatic heterocycles. The number of nitrogens with zero attached hydrogens (tertiary/aromatic N) is 5. The van der Waals surface area contributed by atoms with Crippen molar-refractivity contribution in [3.05, 3.63) is 0 Å². The van der Waals surface area contributed by atoms with Gasteiger partial charge in [0.05, 0.1) is 0 Å². The summed E-state index contributed by atoms with van der Waals surface area (Å²) in [4.78, 5) is 2.36. The number of piperidine rings is 1.